The lowest BCUT2D eigenvalue weighted by molar-refractivity contribution is 0.425. The van der Waals surface area contributed by atoms with Gasteiger partial charge >= 0.3 is 0 Å². The predicted molar refractivity (Wildman–Crippen MR) is 75.5 cm³/mol. The number of hydrogen-bond donors (Lipinski definition) is 0. The highest BCUT2D eigenvalue weighted by Gasteiger charge is 2.23. The number of nitrogens with zero attached hydrogens (tertiary/aromatic N) is 1. The molecule has 1 aromatic rings. The summed E-state index contributed by atoms with van der Waals surface area (Å²) in [5.41, 5.74) is 2.89. The summed E-state index contributed by atoms with van der Waals surface area (Å²) < 4.78 is 0. The molecule has 0 aliphatic heterocycles. The first-order valence-electron chi connectivity index (χ1n) is 7.07. The molecule has 96 valence electrons. The molecule has 1 aromatic heterocycles. The van der Waals surface area contributed by atoms with Crippen molar-refractivity contribution >= 4 is 0 Å². The molecule has 0 saturated carbocycles. The first kappa shape index (κ1) is 14.2. The van der Waals surface area contributed by atoms with Crippen molar-refractivity contribution in [2.24, 2.45) is 0 Å². The summed E-state index contributed by atoms with van der Waals surface area (Å²) in [7, 11) is 0. The smallest absolute Gasteiger partial charge is 0.0462 e. The standard InChI is InChI=1S/C16H27N/c1-6-13(7-2)14-10-11-15(17-12-14)16(5,8-3)9-4/h10-13H,6-9H2,1-5H3. The van der Waals surface area contributed by atoms with Crippen molar-refractivity contribution in [1.82, 2.24) is 4.98 Å². The van der Waals surface area contributed by atoms with Crippen LogP contribution in [-0.4, -0.2) is 4.98 Å². The average Bonchev–Trinajstić information content (AvgIpc) is 2.40. The van der Waals surface area contributed by atoms with Gasteiger partial charge in [0.25, 0.3) is 0 Å². The second-order valence-electron chi connectivity index (χ2n) is 5.26. The topological polar surface area (TPSA) is 12.9 Å². The Morgan fingerprint density at radius 2 is 1.65 bits per heavy atom. The van der Waals surface area contributed by atoms with Crippen molar-refractivity contribution in [3.05, 3.63) is 29.6 Å². The largest absolute Gasteiger partial charge is 0.260 e. The SMILES string of the molecule is CCC(CC)c1ccc(C(C)(CC)CC)nc1. The Balaban J connectivity index is 2.94. The minimum atomic E-state index is 0.243. The van der Waals surface area contributed by atoms with E-state index in [-0.39, 0.29) is 5.41 Å². The average molecular weight is 233 g/mol. The van der Waals surface area contributed by atoms with Crippen LogP contribution in [0.15, 0.2) is 18.3 Å². The van der Waals surface area contributed by atoms with Crippen molar-refractivity contribution in [3.63, 3.8) is 0 Å². The summed E-state index contributed by atoms with van der Waals surface area (Å²) in [4.78, 5) is 4.71. The van der Waals surface area contributed by atoms with E-state index in [0.717, 1.165) is 12.8 Å². The van der Waals surface area contributed by atoms with Gasteiger partial charge < -0.3 is 0 Å². The molecule has 1 nitrogen and oxygen atoms in total. The number of hydrogen-bond acceptors (Lipinski definition) is 1. The molecule has 0 atom stereocenters. The minimum Gasteiger partial charge on any atom is -0.260 e. The van der Waals surface area contributed by atoms with Gasteiger partial charge in [-0.2, -0.15) is 0 Å². The second-order valence-corrected chi connectivity index (χ2v) is 5.26. The van der Waals surface area contributed by atoms with Gasteiger partial charge in [-0.1, -0.05) is 40.7 Å². The van der Waals surface area contributed by atoms with Gasteiger partial charge in [0.2, 0.25) is 0 Å². The first-order chi connectivity index (χ1) is 8.11. The molecule has 0 aliphatic rings. The normalized spacial score (nSPS) is 12.1. The fraction of sp³-hybridized carbons (Fsp3) is 0.688. The number of aromatic nitrogens is 1. The zero-order valence-corrected chi connectivity index (χ0v) is 12.1. The van der Waals surface area contributed by atoms with Crippen LogP contribution in [0.25, 0.3) is 0 Å². The van der Waals surface area contributed by atoms with Gasteiger partial charge in [-0.15, -0.1) is 0 Å². The van der Waals surface area contributed by atoms with Crippen LogP contribution in [0.1, 0.15) is 77.5 Å². The summed E-state index contributed by atoms with van der Waals surface area (Å²) in [6.45, 7) is 11.3. The van der Waals surface area contributed by atoms with Crippen LogP contribution in [0.3, 0.4) is 0 Å². The van der Waals surface area contributed by atoms with E-state index < -0.39 is 0 Å². The lowest BCUT2D eigenvalue weighted by Crippen LogP contribution is -2.21. The highest BCUT2D eigenvalue weighted by molar-refractivity contribution is 5.22. The van der Waals surface area contributed by atoms with Gasteiger partial charge in [0, 0.05) is 17.3 Å². The Morgan fingerprint density at radius 1 is 1.06 bits per heavy atom. The Hall–Kier alpha value is -0.850. The van der Waals surface area contributed by atoms with Gasteiger partial charge in [-0.05, 0) is 43.2 Å². The Labute approximate surface area is 107 Å². The molecule has 0 amide bonds. The maximum Gasteiger partial charge on any atom is 0.0462 e. The molecule has 0 bridgehead atoms. The third kappa shape index (κ3) is 3.08. The van der Waals surface area contributed by atoms with Crippen LogP contribution >= 0.6 is 0 Å². The Kier molecular flexibility index (Phi) is 5.17. The van der Waals surface area contributed by atoms with Crippen LogP contribution in [0.5, 0.6) is 0 Å². The molecule has 1 rings (SSSR count). The summed E-state index contributed by atoms with van der Waals surface area (Å²) in [5, 5.41) is 0. The third-order valence-electron chi connectivity index (χ3n) is 4.42. The molecule has 0 aliphatic carbocycles. The predicted octanol–water partition coefficient (Wildman–Crippen LogP) is 5.06. The zero-order chi connectivity index (χ0) is 12.9. The van der Waals surface area contributed by atoms with E-state index in [9.17, 15) is 0 Å². The lowest BCUT2D eigenvalue weighted by atomic mass is 9.80. The molecule has 0 fully saturated rings. The molecule has 0 unspecified atom stereocenters. The lowest BCUT2D eigenvalue weighted by Gasteiger charge is -2.26. The van der Waals surface area contributed by atoms with Crippen molar-refractivity contribution < 1.29 is 0 Å². The summed E-state index contributed by atoms with van der Waals surface area (Å²) in [6, 6.07) is 4.52. The number of rotatable bonds is 6. The van der Waals surface area contributed by atoms with E-state index in [1.807, 2.05) is 0 Å². The van der Waals surface area contributed by atoms with Crippen LogP contribution in [0.4, 0.5) is 0 Å². The van der Waals surface area contributed by atoms with E-state index in [1.54, 1.807) is 0 Å². The zero-order valence-electron chi connectivity index (χ0n) is 12.1. The molecule has 1 heteroatoms. The van der Waals surface area contributed by atoms with E-state index >= 15 is 0 Å². The second kappa shape index (κ2) is 6.18. The van der Waals surface area contributed by atoms with Crippen LogP contribution in [0, 0.1) is 0 Å². The van der Waals surface area contributed by atoms with Gasteiger partial charge in [-0.25, -0.2) is 0 Å². The summed E-state index contributed by atoms with van der Waals surface area (Å²) in [5.74, 6) is 0.672. The molecule has 0 N–H and O–H groups in total. The third-order valence-corrected chi connectivity index (χ3v) is 4.42. The highest BCUT2D eigenvalue weighted by atomic mass is 14.7. The van der Waals surface area contributed by atoms with Gasteiger partial charge in [-0.3, -0.25) is 4.98 Å². The number of pyridine rings is 1. The minimum absolute atomic E-state index is 0.243. The van der Waals surface area contributed by atoms with Crippen molar-refractivity contribution in [3.8, 4) is 0 Å². The highest BCUT2D eigenvalue weighted by Crippen LogP contribution is 2.30. The molecule has 0 saturated heterocycles. The fourth-order valence-corrected chi connectivity index (χ4v) is 2.38. The molecular formula is C16H27N. The van der Waals surface area contributed by atoms with Crippen LogP contribution < -0.4 is 0 Å². The van der Waals surface area contributed by atoms with Crippen LogP contribution in [-0.2, 0) is 5.41 Å². The van der Waals surface area contributed by atoms with Crippen LogP contribution in [0.2, 0.25) is 0 Å². The Bertz CT molecular complexity index is 318. The molecule has 0 spiro atoms. The first-order valence-corrected chi connectivity index (χ1v) is 7.07. The summed E-state index contributed by atoms with van der Waals surface area (Å²) in [6.07, 6.45) is 6.81. The van der Waals surface area contributed by atoms with Crippen molar-refractivity contribution in [2.45, 2.75) is 71.6 Å². The van der Waals surface area contributed by atoms with Gasteiger partial charge in [0.15, 0.2) is 0 Å². The Morgan fingerprint density at radius 3 is 2.00 bits per heavy atom. The van der Waals surface area contributed by atoms with Crippen molar-refractivity contribution in [1.29, 1.82) is 0 Å². The van der Waals surface area contributed by atoms with E-state index in [1.165, 1.54) is 24.1 Å². The van der Waals surface area contributed by atoms with Crippen molar-refractivity contribution in [2.75, 3.05) is 0 Å². The molecular weight excluding hydrogens is 206 g/mol. The van der Waals surface area contributed by atoms with E-state index in [4.69, 9.17) is 4.98 Å². The van der Waals surface area contributed by atoms with E-state index in [0.29, 0.717) is 5.92 Å². The fourth-order valence-electron chi connectivity index (χ4n) is 2.38. The summed E-state index contributed by atoms with van der Waals surface area (Å²) >= 11 is 0. The molecule has 1 heterocycles. The van der Waals surface area contributed by atoms with Gasteiger partial charge in [0.05, 0.1) is 0 Å². The molecule has 0 radical (unpaired) electrons. The molecule has 0 aromatic carbocycles. The molecule has 17 heavy (non-hydrogen) atoms. The van der Waals surface area contributed by atoms with E-state index in [2.05, 4.69) is 52.9 Å². The quantitative estimate of drug-likeness (QED) is 0.669. The monoisotopic (exact) mass is 233 g/mol. The maximum atomic E-state index is 4.71. The van der Waals surface area contributed by atoms with Gasteiger partial charge in [0.1, 0.15) is 0 Å². The maximum absolute atomic E-state index is 4.71.